The topological polar surface area (TPSA) is 43.4 Å². The van der Waals surface area contributed by atoms with E-state index in [1.165, 1.54) is 0 Å². The van der Waals surface area contributed by atoms with Crippen LogP contribution in [0.1, 0.15) is 6.42 Å². The highest BCUT2D eigenvalue weighted by Gasteiger charge is 2.33. The lowest BCUT2D eigenvalue weighted by Gasteiger charge is -2.25. The third kappa shape index (κ3) is 1.25. The molecule has 1 atom stereocenters. The van der Waals surface area contributed by atoms with Gasteiger partial charge in [0.25, 0.3) is 0 Å². The number of hydrogen-bond donors (Lipinski definition) is 0. The molecule has 3 rings (SSSR count). The Morgan fingerprint density at radius 3 is 2.88 bits per heavy atom. The summed E-state index contributed by atoms with van der Waals surface area (Å²) in [6.07, 6.45) is 2.48. The number of rotatable bonds is 0. The maximum atomic E-state index is 11.8. The zero-order valence-electron chi connectivity index (χ0n) is 8.60. The first-order valence-corrected chi connectivity index (χ1v) is 5.26. The van der Waals surface area contributed by atoms with E-state index >= 15 is 0 Å². The normalized spacial score (nSPS) is 23.5. The van der Waals surface area contributed by atoms with E-state index in [1.807, 2.05) is 30.3 Å². The maximum Gasteiger partial charge on any atom is 0.230 e. The Labute approximate surface area is 92.0 Å². The van der Waals surface area contributed by atoms with Crippen LogP contribution in [0, 0.1) is 0 Å². The van der Waals surface area contributed by atoms with E-state index in [0.29, 0.717) is 12.0 Å². The van der Waals surface area contributed by atoms with Crippen LogP contribution in [0.5, 0.6) is 0 Å². The van der Waals surface area contributed by atoms with Crippen LogP contribution < -0.4 is 10.4 Å². The van der Waals surface area contributed by atoms with Crippen LogP contribution in [0.3, 0.4) is 0 Å². The Kier molecular flexibility index (Phi) is 2.01. The Bertz CT molecular complexity index is 598. The average molecular weight is 214 g/mol. The summed E-state index contributed by atoms with van der Waals surface area (Å²) in [7, 11) is 0. The Balaban J connectivity index is 2.35. The first-order chi connectivity index (χ1) is 7.77. The van der Waals surface area contributed by atoms with E-state index in [0.717, 1.165) is 10.4 Å². The number of benzene rings is 1. The molecule has 1 aliphatic carbocycles. The summed E-state index contributed by atoms with van der Waals surface area (Å²) in [5.74, 6) is -0.820. The minimum Gasteiger partial charge on any atom is -0.365 e. The number of Topliss-reactive ketones (excluding diaryl/α,β-unsaturated/α-hetero) is 2. The van der Waals surface area contributed by atoms with Crippen LogP contribution in [0.2, 0.25) is 0 Å². The highest BCUT2D eigenvalue weighted by molar-refractivity contribution is 6.53. The molecule has 1 fully saturated rings. The molecule has 2 aliphatic rings. The van der Waals surface area contributed by atoms with Crippen LogP contribution in [-0.2, 0) is 14.3 Å². The second-order valence-corrected chi connectivity index (χ2v) is 3.99. The SMILES string of the molecule is O=C1COC2CC=c3ccccc3=C2C1=O. The third-order valence-corrected chi connectivity index (χ3v) is 3.04. The van der Waals surface area contributed by atoms with Crippen molar-refractivity contribution in [2.24, 2.45) is 0 Å². The largest absolute Gasteiger partial charge is 0.365 e. The minimum atomic E-state index is -0.442. The fraction of sp³-hybridized carbons (Fsp3) is 0.231. The van der Waals surface area contributed by atoms with E-state index in [2.05, 4.69) is 0 Å². The number of carbonyl (C=O) groups excluding carboxylic acids is 2. The lowest BCUT2D eigenvalue weighted by molar-refractivity contribution is -0.140. The number of ketones is 2. The molecular formula is C13H10O3. The summed E-state index contributed by atoms with van der Waals surface area (Å²) in [6.45, 7) is -0.0804. The molecule has 0 saturated carbocycles. The molecule has 0 radical (unpaired) electrons. The van der Waals surface area contributed by atoms with Crippen LogP contribution in [0.25, 0.3) is 11.6 Å². The van der Waals surface area contributed by atoms with Crippen molar-refractivity contribution < 1.29 is 14.3 Å². The fourth-order valence-corrected chi connectivity index (χ4v) is 2.26. The van der Waals surface area contributed by atoms with Crippen LogP contribution in [0.4, 0.5) is 0 Å². The number of hydrogen-bond acceptors (Lipinski definition) is 3. The fourth-order valence-electron chi connectivity index (χ4n) is 2.26. The smallest absolute Gasteiger partial charge is 0.230 e. The predicted octanol–water partition coefficient (Wildman–Crippen LogP) is -0.442. The molecule has 1 aromatic carbocycles. The molecule has 1 heterocycles. The molecule has 0 spiro atoms. The van der Waals surface area contributed by atoms with Crippen molar-refractivity contribution in [2.75, 3.05) is 6.61 Å². The Morgan fingerprint density at radius 1 is 1.19 bits per heavy atom. The van der Waals surface area contributed by atoms with Gasteiger partial charge in [-0.15, -0.1) is 0 Å². The van der Waals surface area contributed by atoms with Gasteiger partial charge in [-0.05, 0) is 16.9 Å². The molecule has 1 aliphatic heterocycles. The van der Waals surface area contributed by atoms with Crippen molar-refractivity contribution in [2.45, 2.75) is 12.5 Å². The molecule has 0 N–H and O–H groups in total. The summed E-state index contributed by atoms with van der Waals surface area (Å²) in [6, 6.07) is 7.61. The van der Waals surface area contributed by atoms with Crippen LogP contribution >= 0.6 is 0 Å². The van der Waals surface area contributed by atoms with E-state index in [9.17, 15) is 9.59 Å². The number of fused-ring (bicyclic) bond motifs is 2. The van der Waals surface area contributed by atoms with E-state index in [-0.39, 0.29) is 18.5 Å². The molecule has 0 amide bonds. The van der Waals surface area contributed by atoms with Gasteiger partial charge in [0.2, 0.25) is 11.6 Å². The molecule has 80 valence electrons. The van der Waals surface area contributed by atoms with Crippen molar-refractivity contribution in [1.29, 1.82) is 0 Å². The van der Waals surface area contributed by atoms with E-state index in [4.69, 9.17) is 4.74 Å². The molecule has 3 nitrogen and oxygen atoms in total. The van der Waals surface area contributed by atoms with Crippen molar-refractivity contribution in [3.8, 4) is 0 Å². The van der Waals surface area contributed by atoms with Crippen LogP contribution in [0.15, 0.2) is 24.3 Å². The molecule has 1 unspecified atom stereocenters. The average Bonchev–Trinajstić information content (AvgIpc) is 2.33. The van der Waals surface area contributed by atoms with Gasteiger partial charge in [-0.2, -0.15) is 0 Å². The first-order valence-electron chi connectivity index (χ1n) is 5.26. The standard InChI is InChI=1S/C13H10O3/c14-10-7-16-11-6-5-8-3-1-2-4-9(8)12(11)13(10)15/h1-5,11H,6-7H2. The van der Waals surface area contributed by atoms with Crippen molar-refractivity contribution in [3.63, 3.8) is 0 Å². The maximum absolute atomic E-state index is 11.8. The first kappa shape index (κ1) is 9.48. The van der Waals surface area contributed by atoms with Crippen LogP contribution in [-0.4, -0.2) is 24.3 Å². The number of ether oxygens (including phenoxy) is 1. The molecule has 3 heteroatoms. The summed E-state index contributed by atoms with van der Waals surface area (Å²) in [5, 5.41) is 1.86. The summed E-state index contributed by atoms with van der Waals surface area (Å²) >= 11 is 0. The van der Waals surface area contributed by atoms with Gasteiger partial charge in [-0.3, -0.25) is 9.59 Å². The zero-order valence-corrected chi connectivity index (χ0v) is 8.60. The number of carbonyl (C=O) groups is 2. The molecule has 0 aromatic heterocycles. The van der Waals surface area contributed by atoms with Crippen molar-refractivity contribution in [1.82, 2.24) is 0 Å². The lowest BCUT2D eigenvalue weighted by Crippen LogP contribution is -2.45. The summed E-state index contributed by atoms with van der Waals surface area (Å²) in [4.78, 5) is 23.2. The minimum absolute atomic E-state index is 0.0804. The van der Waals surface area contributed by atoms with Gasteiger partial charge < -0.3 is 4.74 Å². The third-order valence-electron chi connectivity index (χ3n) is 3.04. The molecule has 1 saturated heterocycles. The molecule has 1 aromatic rings. The Hall–Kier alpha value is -1.74. The van der Waals surface area contributed by atoms with Gasteiger partial charge in [0.05, 0.1) is 6.10 Å². The van der Waals surface area contributed by atoms with Gasteiger partial charge in [0, 0.05) is 5.57 Å². The summed E-state index contributed by atoms with van der Waals surface area (Å²) < 4.78 is 5.38. The van der Waals surface area contributed by atoms with Gasteiger partial charge in [-0.1, -0.05) is 30.3 Å². The molecule has 16 heavy (non-hydrogen) atoms. The van der Waals surface area contributed by atoms with Gasteiger partial charge in [0.1, 0.15) is 6.61 Å². The molecular weight excluding hydrogens is 204 g/mol. The van der Waals surface area contributed by atoms with Crippen molar-refractivity contribution in [3.05, 3.63) is 34.7 Å². The highest BCUT2D eigenvalue weighted by Crippen LogP contribution is 2.19. The van der Waals surface area contributed by atoms with Gasteiger partial charge in [-0.25, -0.2) is 0 Å². The molecule has 0 bridgehead atoms. The second kappa shape index (κ2) is 3.39. The predicted molar refractivity (Wildman–Crippen MR) is 57.9 cm³/mol. The van der Waals surface area contributed by atoms with Gasteiger partial charge >= 0.3 is 0 Å². The van der Waals surface area contributed by atoms with E-state index in [1.54, 1.807) is 0 Å². The second-order valence-electron chi connectivity index (χ2n) is 3.99. The highest BCUT2D eigenvalue weighted by atomic mass is 16.5. The lowest BCUT2D eigenvalue weighted by atomic mass is 9.90. The summed E-state index contributed by atoms with van der Waals surface area (Å²) in [5.41, 5.74) is 0.536. The van der Waals surface area contributed by atoms with E-state index < -0.39 is 5.78 Å². The quantitative estimate of drug-likeness (QED) is 0.550. The zero-order chi connectivity index (χ0) is 11.1. The monoisotopic (exact) mass is 214 g/mol. The van der Waals surface area contributed by atoms with Gasteiger partial charge in [0.15, 0.2) is 0 Å². The Morgan fingerprint density at radius 2 is 2.00 bits per heavy atom. The van der Waals surface area contributed by atoms with Crippen molar-refractivity contribution >= 4 is 23.2 Å².